The second-order valence-electron chi connectivity index (χ2n) is 5.62. The summed E-state index contributed by atoms with van der Waals surface area (Å²) in [6, 6.07) is 9.99. The molecular formula is C16H15N3O2. The monoisotopic (exact) mass is 281 g/mol. The lowest BCUT2D eigenvalue weighted by molar-refractivity contribution is 0.0625. The molecule has 1 aliphatic rings. The lowest BCUT2D eigenvalue weighted by Gasteiger charge is -2.27. The van der Waals surface area contributed by atoms with Gasteiger partial charge in [0, 0.05) is 11.3 Å². The summed E-state index contributed by atoms with van der Waals surface area (Å²) in [6.45, 7) is 2.05. The van der Waals surface area contributed by atoms with E-state index in [9.17, 15) is 5.11 Å². The molecule has 1 saturated carbocycles. The quantitative estimate of drug-likeness (QED) is 0.782. The van der Waals surface area contributed by atoms with Crippen LogP contribution in [0.5, 0.6) is 0 Å². The fraction of sp³-hybridized carbons (Fsp3) is 0.312. The van der Waals surface area contributed by atoms with Crippen molar-refractivity contribution >= 4 is 10.9 Å². The maximum atomic E-state index is 9.36. The van der Waals surface area contributed by atoms with E-state index in [0.717, 1.165) is 22.2 Å². The second kappa shape index (κ2) is 4.63. The molecule has 1 aromatic carbocycles. The molecule has 2 aromatic heterocycles. The number of benzene rings is 1. The Morgan fingerprint density at radius 1 is 1.19 bits per heavy atom. The first-order chi connectivity index (χ1) is 10.2. The maximum Gasteiger partial charge on any atom is 0.230 e. The predicted molar refractivity (Wildman–Crippen MR) is 77.8 cm³/mol. The highest BCUT2D eigenvalue weighted by Gasteiger charge is 2.33. The highest BCUT2D eigenvalue weighted by atomic mass is 16.5. The standard InChI is InChI=1S/C16H15N3O2/c1-9-6-14(17-13-5-3-2-4-12(9)13)15-18-16(21-19-15)10-7-11(20)8-10/h2-6,10-11,20H,7-8H2,1H3. The third-order valence-corrected chi connectivity index (χ3v) is 4.06. The van der Waals surface area contributed by atoms with Gasteiger partial charge in [0.05, 0.1) is 11.6 Å². The molecule has 0 amide bonds. The van der Waals surface area contributed by atoms with Crippen LogP contribution < -0.4 is 0 Å². The van der Waals surface area contributed by atoms with Gasteiger partial charge in [-0.05, 0) is 37.5 Å². The van der Waals surface area contributed by atoms with E-state index in [1.165, 1.54) is 0 Å². The molecule has 4 rings (SSSR count). The number of hydrogen-bond acceptors (Lipinski definition) is 5. The highest BCUT2D eigenvalue weighted by molar-refractivity contribution is 5.84. The molecule has 0 bridgehead atoms. The average Bonchev–Trinajstić information content (AvgIpc) is 2.93. The van der Waals surface area contributed by atoms with E-state index in [4.69, 9.17) is 4.52 Å². The lowest BCUT2D eigenvalue weighted by Crippen LogP contribution is -2.26. The van der Waals surface area contributed by atoms with E-state index < -0.39 is 0 Å². The van der Waals surface area contributed by atoms with Crippen LogP contribution >= 0.6 is 0 Å². The number of hydrogen-bond donors (Lipinski definition) is 1. The summed E-state index contributed by atoms with van der Waals surface area (Å²) in [5.74, 6) is 1.30. The first-order valence-corrected chi connectivity index (χ1v) is 7.09. The van der Waals surface area contributed by atoms with Crippen LogP contribution in [0.4, 0.5) is 0 Å². The topological polar surface area (TPSA) is 72.0 Å². The third-order valence-electron chi connectivity index (χ3n) is 4.06. The minimum Gasteiger partial charge on any atom is -0.393 e. The van der Waals surface area contributed by atoms with Crippen molar-refractivity contribution in [3.8, 4) is 11.5 Å². The molecule has 106 valence electrons. The Hall–Kier alpha value is -2.27. The Labute approximate surface area is 121 Å². The Bertz CT molecular complexity index is 806. The summed E-state index contributed by atoms with van der Waals surface area (Å²) in [6.07, 6.45) is 1.17. The van der Waals surface area contributed by atoms with E-state index in [-0.39, 0.29) is 12.0 Å². The van der Waals surface area contributed by atoms with Gasteiger partial charge >= 0.3 is 0 Å². The van der Waals surface area contributed by atoms with Gasteiger partial charge < -0.3 is 9.63 Å². The van der Waals surface area contributed by atoms with Crippen molar-refractivity contribution in [2.75, 3.05) is 0 Å². The van der Waals surface area contributed by atoms with Gasteiger partial charge in [0.25, 0.3) is 0 Å². The molecule has 1 N–H and O–H groups in total. The SMILES string of the molecule is Cc1cc(-c2noc(C3CC(O)C3)n2)nc2ccccc12. The zero-order valence-electron chi connectivity index (χ0n) is 11.7. The number of fused-ring (bicyclic) bond motifs is 1. The van der Waals surface area contributed by atoms with E-state index in [1.807, 2.05) is 24.3 Å². The average molecular weight is 281 g/mol. The molecule has 0 unspecified atom stereocenters. The molecule has 1 fully saturated rings. The van der Waals surface area contributed by atoms with Gasteiger partial charge in [-0.15, -0.1) is 0 Å². The smallest absolute Gasteiger partial charge is 0.230 e. The first kappa shape index (κ1) is 12.5. The van der Waals surface area contributed by atoms with Crippen LogP contribution in [0.25, 0.3) is 22.4 Å². The Morgan fingerprint density at radius 3 is 2.81 bits per heavy atom. The number of para-hydroxylation sites is 1. The molecule has 5 nitrogen and oxygen atoms in total. The van der Waals surface area contributed by atoms with Crippen LogP contribution in [0.15, 0.2) is 34.9 Å². The van der Waals surface area contributed by atoms with Crippen LogP contribution in [0.3, 0.4) is 0 Å². The number of aliphatic hydroxyl groups is 1. The fourth-order valence-corrected chi connectivity index (χ4v) is 2.76. The largest absolute Gasteiger partial charge is 0.393 e. The Kier molecular flexibility index (Phi) is 2.75. The van der Waals surface area contributed by atoms with E-state index in [0.29, 0.717) is 24.6 Å². The van der Waals surface area contributed by atoms with Gasteiger partial charge in [-0.1, -0.05) is 23.4 Å². The van der Waals surface area contributed by atoms with Gasteiger partial charge in [-0.2, -0.15) is 4.98 Å². The van der Waals surface area contributed by atoms with Crippen LogP contribution in [-0.2, 0) is 0 Å². The van der Waals surface area contributed by atoms with Crippen molar-refractivity contribution < 1.29 is 9.63 Å². The zero-order valence-corrected chi connectivity index (χ0v) is 11.7. The molecule has 0 spiro atoms. The zero-order chi connectivity index (χ0) is 14.4. The summed E-state index contributed by atoms with van der Waals surface area (Å²) >= 11 is 0. The van der Waals surface area contributed by atoms with Crippen molar-refractivity contribution in [1.82, 2.24) is 15.1 Å². The highest BCUT2D eigenvalue weighted by Crippen LogP contribution is 2.36. The van der Waals surface area contributed by atoms with E-state index in [2.05, 4.69) is 28.1 Å². The molecule has 3 aromatic rings. The van der Waals surface area contributed by atoms with Crippen molar-refractivity contribution in [2.24, 2.45) is 0 Å². The summed E-state index contributed by atoms with van der Waals surface area (Å²) < 4.78 is 5.31. The molecule has 0 radical (unpaired) electrons. The van der Waals surface area contributed by atoms with Crippen LogP contribution in [-0.4, -0.2) is 26.3 Å². The van der Waals surface area contributed by atoms with Gasteiger partial charge in [-0.3, -0.25) is 0 Å². The van der Waals surface area contributed by atoms with Crippen molar-refractivity contribution in [2.45, 2.75) is 31.8 Å². The number of aliphatic hydroxyl groups excluding tert-OH is 1. The molecule has 21 heavy (non-hydrogen) atoms. The number of aromatic nitrogens is 3. The molecule has 1 aliphatic carbocycles. The van der Waals surface area contributed by atoms with Gasteiger partial charge in [-0.25, -0.2) is 4.98 Å². The molecule has 0 aliphatic heterocycles. The lowest BCUT2D eigenvalue weighted by atomic mass is 9.82. The summed E-state index contributed by atoms with van der Waals surface area (Å²) in [4.78, 5) is 9.04. The maximum absolute atomic E-state index is 9.36. The van der Waals surface area contributed by atoms with Gasteiger partial charge in [0.15, 0.2) is 0 Å². The molecular weight excluding hydrogens is 266 g/mol. The second-order valence-corrected chi connectivity index (χ2v) is 5.62. The molecule has 0 atom stereocenters. The van der Waals surface area contributed by atoms with Crippen molar-refractivity contribution in [3.05, 3.63) is 41.8 Å². The third kappa shape index (κ3) is 2.10. The van der Waals surface area contributed by atoms with Gasteiger partial charge in [0.2, 0.25) is 11.7 Å². The Balaban J connectivity index is 1.73. The van der Waals surface area contributed by atoms with Gasteiger partial charge in [0.1, 0.15) is 5.69 Å². The van der Waals surface area contributed by atoms with E-state index >= 15 is 0 Å². The summed E-state index contributed by atoms with van der Waals surface area (Å²) in [5, 5.41) is 14.5. The van der Waals surface area contributed by atoms with Crippen molar-refractivity contribution in [1.29, 1.82) is 0 Å². The molecule has 2 heterocycles. The number of aryl methyl sites for hydroxylation is 1. The normalized spacial score (nSPS) is 21.4. The summed E-state index contributed by atoms with van der Waals surface area (Å²) in [7, 11) is 0. The van der Waals surface area contributed by atoms with E-state index in [1.54, 1.807) is 0 Å². The minimum atomic E-state index is -0.230. The first-order valence-electron chi connectivity index (χ1n) is 7.09. The molecule has 5 heteroatoms. The summed E-state index contributed by atoms with van der Waals surface area (Å²) in [5.41, 5.74) is 2.79. The minimum absolute atomic E-state index is 0.183. The van der Waals surface area contributed by atoms with Crippen LogP contribution in [0.2, 0.25) is 0 Å². The van der Waals surface area contributed by atoms with Crippen LogP contribution in [0.1, 0.15) is 30.2 Å². The van der Waals surface area contributed by atoms with Crippen molar-refractivity contribution in [3.63, 3.8) is 0 Å². The fourth-order valence-electron chi connectivity index (χ4n) is 2.76. The Morgan fingerprint density at radius 2 is 2.00 bits per heavy atom. The number of rotatable bonds is 2. The number of pyridine rings is 1. The van der Waals surface area contributed by atoms with Crippen LogP contribution in [0, 0.1) is 6.92 Å². The predicted octanol–water partition coefficient (Wildman–Crippen LogP) is 2.83. The molecule has 0 saturated heterocycles. The number of nitrogens with zero attached hydrogens (tertiary/aromatic N) is 3.